The van der Waals surface area contributed by atoms with E-state index in [1.54, 1.807) is 31.4 Å². The van der Waals surface area contributed by atoms with Gasteiger partial charge in [0.05, 0.1) is 13.3 Å². The first-order valence-electron chi connectivity index (χ1n) is 13.4. The molecule has 1 saturated carbocycles. The number of piperidine rings is 1. The minimum Gasteiger partial charge on any atom is -0.497 e. The third-order valence-corrected chi connectivity index (χ3v) is 7.98. The Morgan fingerprint density at radius 2 is 1.93 bits per heavy atom. The summed E-state index contributed by atoms with van der Waals surface area (Å²) in [6.07, 6.45) is -0.907. The van der Waals surface area contributed by atoms with Crippen LogP contribution < -0.4 is 10.1 Å². The summed E-state index contributed by atoms with van der Waals surface area (Å²) >= 11 is 0. The Kier molecular flexibility index (Phi) is 9.03. The summed E-state index contributed by atoms with van der Waals surface area (Å²) in [6, 6.07) is 15.6. The van der Waals surface area contributed by atoms with Gasteiger partial charge < -0.3 is 14.8 Å². The third kappa shape index (κ3) is 6.41. The van der Waals surface area contributed by atoms with Gasteiger partial charge >= 0.3 is 12.1 Å². The maximum absolute atomic E-state index is 14.1. The molecule has 1 heterocycles. The zero-order valence-corrected chi connectivity index (χ0v) is 22.7. The molecule has 40 heavy (non-hydrogen) atoms. The van der Waals surface area contributed by atoms with Crippen molar-refractivity contribution in [3.05, 3.63) is 84.0 Å². The van der Waals surface area contributed by atoms with Gasteiger partial charge in [0, 0.05) is 31.3 Å². The fraction of sp³-hybridized carbons (Fsp3) is 0.419. The number of hydrogen-bond donors (Lipinski definition) is 1. The van der Waals surface area contributed by atoms with E-state index in [1.165, 1.54) is 19.1 Å². The summed E-state index contributed by atoms with van der Waals surface area (Å²) < 4.78 is 53.6. The monoisotopic (exact) mass is 556 g/mol. The van der Waals surface area contributed by atoms with Crippen molar-refractivity contribution < 1.29 is 32.2 Å². The average molecular weight is 557 g/mol. The van der Waals surface area contributed by atoms with Gasteiger partial charge in [-0.2, -0.15) is 13.2 Å². The van der Waals surface area contributed by atoms with Crippen LogP contribution in [0, 0.1) is 5.92 Å². The molecular formula is C31H35F3N2O4. The molecule has 0 aromatic heterocycles. The molecule has 4 rings (SSSR count). The van der Waals surface area contributed by atoms with Gasteiger partial charge in [0.2, 0.25) is 0 Å². The summed E-state index contributed by atoms with van der Waals surface area (Å²) in [4.78, 5) is 27.2. The van der Waals surface area contributed by atoms with Crippen molar-refractivity contribution in [2.24, 2.45) is 5.92 Å². The highest BCUT2D eigenvalue weighted by atomic mass is 19.4. The lowest BCUT2D eigenvalue weighted by atomic mass is 9.57. The van der Waals surface area contributed by atoms with E-state index in [2.05, 4.69) is 11.9 Å². The van der Waals surface area contributed by atoms with E-state index in [1.807, 2.05) is 29.2 Å². The van der Waals surface area contributed by atoms with Gasteiger partial charge in [0.15, 0.2) is 0 Å². The summed E-state index contributed by atoms with van der Waals surface area (Å²) in [5.74, 6) is -1.06. The second kappa shape index (κ2) is 12.3. The Hall–Kier alpha value is -3.59. The number of benzene rings is 2. The predicted octanol–water partition coefficient (Wildman–Crippen LogP) is 5.64. The van der Waals surface area contributed by atoms with Gasteiger partial charge in [-0.15, -0.1) is 6.58 Å². The molecule has 214 valence electrons. The third-order valence-electron chi connectivity index (χ3n) is 7.98. The summed E-state index contributed by atoms with van der Waals surface area (Å²) in [6.45, 7) is 5.94. The van der Waals surface area contributed by atoms with Crippen molar-refractivity contribution in [2.45, 2.75) is 56.5 Å². The highest BCUT2D eigenvalue weighted by Gasteiger charge is 2.54. The molecule has 0 radical (unpaired) electrons. The molecule has 4 atom stereocenters. The SMILES string of the molecule is C=CCN1CC2C(OC(C)=O)CCC[C@@]2(c2cccc(OC)c2)C[C@H]1NC(=O)C(=Cc1ccccc1)C(F)(F)F. The molecule has 9 heteroatoms. The largest absolute Gasteiger partial charge is 0.497 e. The quantitative estimate of drug-likeness (QED) is 0.259. The molecule has 1 saturated heterocycles. The Balaban J connectivity index is 1.74. The normalized spacial score (nSPS) is 25.4. The number of ether oxygens (including phenoxy) is 2. The number of alkyl halides is 3. The number of carbonyl (C=O) groups is 2. The number of esters is 1. The zero-order chi connectivity index (χ0) is 28.9. The smallest absolute Gasteiger partial charge is 0.421 e. The van der Waals surface area contributed by atoms with E-state index in [0.717, 1.165) is 24.5 Å². The fourth-order valence-corrected chi connectivity index (χ4v) is 6.26. The number of likely N-dealkylation sites (tertiary alicyclic amines) is 1. The first kappa shape index (κ1) is 29.4. The minimum absolute atomic E-state index is 0.146. The van der Waals surface area contributed by atoms with Crippen molar-refractivity contribution in [2.75, 3.05) is 20.2 Å². The van der Waals surface area contributed by atoms with Gasteiger partial charge in [-0.3, -0.25) is 14.5 Å². The van der Waals surface area contributed by atoms with E-state index in [-0.39, 0.29) is 23.6 Å². The van der Waals surface area contributed by atoms with E-state index >= 15 is 0 Å². The topological polar surface area (TPSA) is 67.9 Å². The lowest BCUT2D eigenvalue weighted by Gasteiger charge is -2.56. The van der Waals surface area contributed by atoms with Gasteiger partial charge in [-0.25, -0.2) is 0 Å². The first-order valence-corrected chi connectivity index (χ1v) is 13.4. The number of methoxy groups -OCH3 is 1. The maximum atomic E-state index is 14.1. The number of halogens is 3. The van der Waals surface area contributed by atoms with E-state index in [9.17, 15) is 22.8 Å². The molecule has 1 N–H and O–H groups in total. The molecule has 1 aliphatic heterocycles. The van der Waals surface area contributed by atoms with Crippen LogP contribution in [0.2, 0.25) is 0 Å². The summed E-state index contributed by atoms with van der Waals surface area (Å²) in [5, 5.41) is 2.70. The molecule has 0 bridgehead atoms. The predicted molar refractivity (Wildman–Crippen MR) is 146 cm³/mol. The van der Waals surface area contributed by atoms with Crippen LogP contribution in [0.1, 0.15) is 43.7 Å². The average Bonchev–Trinajstić information content (AvgIpc) is 2.92. The minimum atomic E-state index is -4.85. The molecule has 1 amide bonds. The van der Waals surface area contributed by atoms with E-state index in [4.69, 9.17) is 9.47 Å². The van der Waals surface area contributed by atoms with Crippen molar-refractivity contribution in [3.8, 4) is 5.75 Å². The molecule has 2 aromatic rings. The van der Waals surface area contributed by atoms with Gasteiger partial charge in [0.25, 0.3) is 5.91 Å². The van der Waals surface area contributed by atoms with E-state index < -0.39 is 29.2 Å². The Labute approximate surface area is 232 Å². The van der Waals surface area contributed by atoms with Crippen molar-refractivity contribution in [1.82, 2.24) is 10.2 Å². The fourth-order valence-electron chi connectivity index (χ4n) is 6.26. The number of fused-ring (bicyclic) bond motifs is 1. The maximum Gasteiger partial charge on any atom is 0.421 e. The Bertz CT molecular complexity index is 1250. The lowest BCUT2D eigenvalue weighted by Crippen LogP contribution is -2.64. The first-order chi connectivity index (χ1) is 19.1. The summed E-state index contributed by atoms with van der Waals surface area (Å²) in [5.41, 5.74) is -0.608. The van der Waals surface area contributed by atoms with Crippen molar-refractivity contribution >= 4 is 18.0 Å². The molecule has 1 aliphatic carbocycles. The van der Waals surface area contributed by atoms with Gasteiger partial charge in [-0.05, 0) is 55.0 Å². The van der Waals surface area contributed by atoms with Gasteiger partial charge in [-0.1, -0.05) is 48.5 Å². The standard InChI is InChI=1S/C31H35F3N2O4/c1-4-16-36-20-26-27(40-21(2)37)14-9-15-30(26,23-12-8-13-24(18-23)39-3)19-28(36)35-29(38)25(31(32,33)34)17-22-10-6-5-7-11-22/h4-8,10-13,17-18,26-28H,1,9,14-16,19-20H2,2-3H3,(H,35,38)/t26?,27?,28-,30-/m0/s1. The van der Waals surface area contributed by atoms with Crippen LogP contribution in [0.4, 0.5) is 13.2 Å². The Morgan fingerprint density at radius 1 is 1.18 bits per heavy atom. The van der Waals surface area contributed by atoms with Crippen LogP contribution in [0.5, 0.6) is 5.75 Å². The van der Waals surface area contributed by atoms with Crippen molar-refractivity contribution in [3.63, 3.8) is 0 Å². The second-order valence-corrected chi connectivity index (χ2v) is 10.4. The van der Waals surface area contributed by atoms with Crippen LogP contribution >= 0.6 is 0 Å². The highest BCUT2D eigenvalue weighted by Crippen LogP contribution is 2.51. The number of amides is 1. The molecular weight excluding hydrogens is 521 g/mol. The zero-order valence-electron chi connectivity index (χ0n) is 22.7. The van der Waals surface area contributed by atoms with Gasteiger partial charge in [0.1, 0.15) is 17.4 Å². The molecule has 2 unspecified atom stereocenters. The molecule has 0 spiro atoms. The highest BCUT2D eigenvalue weighted by molar-refractivity contribution is 5.99. The van der Waals surface area contributed by atoms with Crippen LogP contribution in [0.3, 0.4) is 0 Å². The van der Waals surface area contributed by atoms with E-state index in [0.29, 0.717) is 31.7 Å². The van der Waals surface area contributed by atoms with Crippen LogP contribution in [-0.2, 0) is 19.7 Å². The van der Waals surface area contributed by atoms with Crippen LogP contribution in [0.25, 0.3) is 6.08 Å². The van der Waals surface area contributed by atoms with Crippen LogP contribution in [0.15, 0.2) is 72.8 Å². The molecule has 6 nitrogen and oxygen atoms in total. The molecule has 2 aromatic carbocycles. The molecule has 2 aliphatic rings. The molecule has 2 fully saturated rings. The summed E-state index contributed by atoms with van der Waals surface area (Å²) in [7, 11) is 1.57. The number of nitrogens with one attached hydrogen (secondary N) is 1. The number of rotatable bonds is 8. The second-order valence-electron chi connectivity index (χ2n) is 10.4. The lowest BCUT2D eigenvalue weighted by molar-refractivity contribution is -0.158. The number of hydrogen-bond acceptors (Lipinski definition) is 5. The van der Waals surface area contributed by atoms with Crippen LogP contribution in [-0.4, -0.2) is 55.4 Å². The van der Waals surface area contributed by atoms with Crippen molar-refractivity contribution in [1.29, 1.82) is 0 Å². The number of nitrogens with zero attached hydrogens (tertiary/aromatic N) is 1. The number of carbonyl (C=O) groups excluding carboxylic acids is 2. The Morgan fingerprint density at radius 3 is 2.58 bits per heavy atom.